The highest BCUT2D eigenvalue weighted by atomic mass is 16.5. The molecule has 0 aliphatic carbocycles. The van der Waals surface area contributed by atoms with Crippen molar-refractivity contribution in [1.82, 2.24) is 19.2 Å². The number of Topliss-reactive ketones (excluding diaryl/α,β-unsaturated/α-hetero) is 1. The summed E-state index contributed by atoms with van der Waals surface area (Å²) in [6.45, 7) is 13.8. The lowest BCUT2D eigenvalue weighted by Crippen LogP contribution is -2.33. The molecule has 8 heteroatoms. The number of carbonyl (C=O) groups excluding carboxylic acids is 2. The molecule has 1 unspecified atom stereocenters. The van der Waals surface area contributed by atoms with Gasteiger partial charge in [0.1, 0.15) is 17.1 Å². The predicted molar refractivity (Wildman–Crippen MR) is 158 cm³/mol. The van der Waals surface area contributed by atoms with Crippen molar-refractivity contribution in [2.45, 2.75) is 66.3 Å². The lowest BCUT2D eigenvalue weighted by molar-refractivity contribution is -0.140. The number of imidazole rings is 1. The van der Waals surface area contributed by atoms with Crippen LogP contribution < -0.4 is 4.74 Å². The van der Waals surface area contributed by atoms with E-state index in [2.05, 4.69) is 25.7 Å². The number of unbranched alkanes of at least 4 members (excludes halogenated alkanes) is 2. The topological polar surface area (TPSA) is 87.4 Å². The van der Waals surface area contributed by atoms with Crippen LogP contribution in [0.3, 0.4) is 0 Å². The maximum absolute atomic E-state index is 13.6. The SMILES string of the molecule is CCCCCOc1cccc(C2/C(=C(\O)c3nc4c(C)cccn4c3C)C(=O)C(=O)N2CCCN(CC)CC)c1. The van der Waals surface area contributed by atoms with E-state index >= 15 is 0 Å². The van der Waals surface area contributed by atoms with Crippen LogP contribution in [0, 0.1) is 13.8 Å². The Labute approximate surface area is 237 Å². The highest BCUT2D eigenvalue weighted by Gasteiger charge is 2.46. The number of benzene rings is 1. The largest absolute Gasteiger partial charge is 0.505 e. The fraction of sp³-hybridized carbons (Fsp3) is 0.469. The number of aliphatic hydroxyl groups excluding tert-OH is 1. The van der Waals surface area contributed by atoms with Crippen LogP contribution in [-0.4, -0.2) is 68.8 Å². The molecule has 1 amide bonds. The van der Waals surface area contributed by atoms with Crippen LogP contribution in [0.1, 0.15) is 75.0 Å². The van der Waals surface area contributed by atoms with E-state index in [1.54, 1.807) is 4.90 Å². The summed E-state index contributed by atoms with van der Waals surface area (Å²) >= 11 is 0. The van der Waals surface area contributed by atoms with Crippen molar-refractivity contribution in [1.29, 1.82) is 0 Å². The average molecular weight is 547 g/mol. The molecule has 40 heavy (non-hydrogen) atoms. The van der Waals surface area contributed by atoms with Gasteiger partial charge in [-0.1, -0.05) is 51.8 Å². The molecule has 4 rings (SSSR count). The number of nitrogens with zero attached hydrogens (tertiary/aromatic N) is 4. The number of aryl methyl sites for hydroxylation is 2. The summed E-state index contributed by atoms with van der Waals surface area (Å²) in [4.78, 5) is 35.6. The van der Waals surface area contributed by atoms with Gasteiger partial charge in [-0.05, 0) is 75.6 Å². The van der Waals surface area contributed by atoms with E-state index in [9.17, 15) is 14.7 Å². The quantitative estimate of drug-likeness (QED) is 0.129. The number of hydrogen-bond acceptors (Lipinski definition) is 6. The normalized spacial score (nSPS) is 16.9. The van der Waals surface area contributed by atoms with Crippen LogP contribution in [0.2, 0.25) is 0 Å². The van der Waals surface area contributed by atoms with E-state index in [0.29, 0.717) is 42.4 Å². The van der Waals surface area contributed by atoms with Gasteiger partial charge in [0.05, 0.1) is 23.9 Å². The van der Waals surface area contributed by atoms with Gasteiger partial charge in [-0.15, -0.1) is 0 Å². The number of aromatic nitrogens is 2. The molecule has 0 radical (unpaired) electrons. The molecule has 0 saturated carbocycles. The van der Waals surface area contributed by atoms with Crippen molar-refractivity contribution in [2.24, 2.45) is 0 Å². The second kappa shape index (κ2) is 13.1. The van der Waals surface area contributed by atoms with Gasteiger partial charge in [0, 0.05) is 12.7 Å². The average Bonchev–Trinajstić information content (AvgIpc) is 3.43. The van der Waals surface area contributed by atoms with E-state index in [4.69, 9.17) is 9.72 Å². The fourth-order valence-electron chi connectivity index (χ4n) is 5.45. The van der Waals surface area contributed by atoms with E-state index in [0.717, 1.165) is 50.0 Å². The number of likely N-dealkylation sites (tertiary alicyclic amines) is 1. The first-order chi connectivity index (χ1) is 19.3. The van der Waals surface area contributed by atoms with Gasteiger partial charge in [-0.3, -0.25) is 9.59 Å². The zero-order chi connectivity index (χ0) is 28.8. The Morgan fingerprint density at radius 2 is 1.82 bits per heavy atom. The molecule has 1 aliphatic rings. The summed E-state index contributed by atoms with van der Waals surface area (Å²) in [5.74, 6) is -0.850. The third-order valence-corrected chi connectivity index (χ3v) is 7.81. The standard InChI is InChI=1S/C32H42N4O4/c1-6-9-10-20-40-25-16-11-15-24(21-25)28-26(30(38)32(39)36(28)19-13-17-34(7-2)8-3)29(37)27-23(5)35-18-12-14-22(4)31(35)33-27/h11-12,14-16,18,21,28,37H,6-10,13,17,19-20H2,1-5H3/b29-26+. The van der Waals surface area contributed by atoms with Gasteiger partial charge in [0.2, 0.25) is 0 Å². The number of hydrogen-bond donors (Lipinski definition) is 1. The number of ketones is 1. The molecule has 3 aromatic rings. The zero-order valence-corrected chi connectivity index (χ0v) is 24.4. The minimum atomic E-state index is -0.735. The van der Waals surface area contributed by atoms with Crippen LogP contribution in [0.25, 0.3) is 11.4 Å². The van der Waals surface area contributed by atoms with Crippen LogP contribution in [0.4, 0.5) is 0 Å². The summed E-state index contributed by atoms with van der Waals surface area (Å²) in [6.07, 6.45) is 5.74. The maximum Gasteiger partial charge on any atom is 0.295 e. The number of aliphatic hydroxyl groups is 1. The molecule has 8 nitrogen and oxygen atoms in total. The van der Waals surface area contributed by atoms with E-state index in [-0.39, 0.29) is 11.3 Å². The lowest BCUT2D eigenvalue weighted by atomic mass is 9.96. The van der Waals surface area contributed by atoms with Crippen molar-refractivity contribution in [3.8, 4) is 5.75 Å². The van der Waals surface area contributed by atoms with Crippen LogP contribution in [-0.2, 0) is 9.59 Å². The Kier molecular flexibility index (Phi) is 9.63. The minimum absolute atomic E-state index is 0.0696. The van der Waals surface area contributed by atoms with E-state index < -0.39 is 17.7 Å². The molecule has 214 valence electrons. The number of carbonyl (C=O) groups is 2. The Morgan fingerprint density at radius 3 is 2.52 bits per heavy atom. The second-order valence-corrected chi connectivity index (χ2v) is 10.4. The molecule has 1 saturated heterocycles. The first-order valence-corrected chi connectivity index (χ1v) is 14.5. The predicted octanol–water partition coefficient (Wildman–Crippen LogP) is 5.67. The number of rotatable bonds is 13. The smallest absolute Gasteiger partial charge is 0.295 e. The Balaban J connectivity index is 1.77. The van der Waals surface area contributed by atoms with Crippen molar-refractivity contribution in [2.75, 3.05) is 32.8 Å². The molecule has 1 aromatic carbocycles. The van der Waals surface area contributed by atoms with Gasteiger partial charge in [0.25, 0.3) is 11.7 Å². The minimum Gasteiger partial charge on any atom is -0.505 e. The molecule has 3 heterocycles. The summed E-state index contributed by atoms with van der Waals surface area (Å²) < 4.78 is 7.90. The van der Waals surface area contributed by atoms with Crippen molar-refractivity contribution >= 4 is 23.1 Å². The summed E-state index contributed by atoms with van der Waals surface area (Å²) in [7, 11) is 0. The third-order valence-electron chi connectivity index (χ3n) is 7.81. The van der Waals surface area contributed by atoms with Crippen LogP contribution in [0.15, 0.2) is 48.2 Å². The molecule has 1 fully saturated rings. The van der Waals surface area contributed by atoms with E-state index in [1.165, 1.54) is 0 Å². The number of pyridine rings is 1. The van der Waals surface area contributed by atoms with Gasteiger partial charge in [-0.2, -0.15) is 0 Å². The van der Waals surface area contributed by atoms with Gasteiger partial charge in [-0.25, -0.2) is 4.98 Å². The second-order valence-electron chi connectivity index (χ2n) is 10.4. The van der Waals surface area contributed by atoms with Gasteiger partial charge in [0.15, 0.2) is 5.76 Å². The van der Waals surface area contributed by atoms with Crippen LogP contribution >= 0.6 is 0 Å². The summed E-state index contributed by atoms with van der Waals surface area (Å²) in [6, 6.07) is 10.7. The molecule has 0 bridgehead atoms. The highest BCUT2D eigenvalue weighted by molar-refractivity contribution is 6.46. The molecule has 2 aromatic heterocycles. The van der Waals surface area contributed by atoms with Crippen molar-refractivity contribution in [3.05, 3.63) is 70.7 Å². The Hall–Kier alpha value is -3.65. The van der Waals surface area contributed by atoms with Crippen molar-refractivity contribution in [3.63, 3.8) is 0 Å². The van der Waals surface area contributed by atoms with Gasteiger partial charge < -0.3 is 24.0 Å². The molecular formula is C32H42N4O4. The molecule has 1 aliphatic heterocycles. The highest BCUT2D eigenvalue weighted by Crippen LogP contribution is 2.40. The number of ether oxygens (including phenoxy) is 1. The lowest BCUT2D eigenvalue weighted by Gasteiger charge is -2.27. The third kappa shape index (κ3) is 5.92. The first kappa shape index (κ1) is 29.3. The van der Waals surface area contributed by atoms with Gasteiger partial charge >= 0.3 is 0 Å². The maximum atomic E-state index is 13.6. The molecule has 0 spiro atoms. The molecular weight excluding hydrogens is 504 g/mol. The molecule has 1 N–H and O–H groups in total. The monoisotopic (exact) mass is 546 g/mol. The Morgan fingerprint density at radius 1 is 1.05 bits per heavy atom. The molecule has 1 atom stereocenters. The summed E-state index contributed by atoms with van der Waals surface area (Å²) in [5.41, 5.74) is 3.47. The van der Waals surface area contributed by atoms with E-state index in [1.807, 2.05) is 60.8 Å². The summed E-state index contributed by atoms with van der Waals surface area (Å²) in [5, 5.41) is 11.7. The van der Waals surface area contributed by atoms with Crippen molar-refractivity contribution < 1.29 is 19.4 Å². The Bertz CT molecular complexity index is 1390. The number of fused-ring (bicyclic) bond motifs is 1. The fourth-order valence-corrected chi connectivity index (χ4v) is 5.45. The first-order valence-electron chi connectivity index (χ1n) is 14.5. The zero-order valence-electron chi connectivity index (χ0n) is 24.4. The van der Waals surface area contributed by atoms with Crippen LogP contribution in [0.5, 0.6) is 5.75 Å². The number of amides is 1.